The first-order valence-corrected chi connectivity index (χ1v) is 25.8. The van der Waals surface area contributed by atoms with Gasteiger partial charge in [-0.1, -0.05) is 132 Å². The zero-order chi connectivity index (χ0) is 43.1. The standard InChI is InChI=1S/C54H53N8P2/c1-4-6-25-42(5-2)61-47-30-17-15-28-45(47)58-32-19-20-33-59-46-29-16-18-31-48(46)62-44-27-14-13-26-43(44)41(35-51(58)61)34-50-54(63(3)57-64(50)38-40-23-11-8-12-24-40)53-49(36-52(59)62)60(56-55-53)37-39-21-9-7-10-22-39/h4-18,21-31,35,51-52H,2,19-20,32-34,36-38H2,1,3H3/q+1/b6-4-,41-35+,42-25+. The third kappa shape index (κ3) is 7.10. The van der Waals surface area contributed by atoms with E-state index in [1.807, 2.05) is 6.08 Å². The summed E-state index contributed by atoms with van der Waals surface area (Å²) in [6.45, 7) is 11.3. The van der Waals surface area contributed by atoms with Crippen molar-refractivity contribution in [3.8, 4) is 11.0 Å². The molecule has 4 aliphatic rings. The molecule has 2 aromatic heterocycles. The maximum absolute atomic E-state index is 5.78. The third-order valence-electron chi connectivity index (χ3n) is 13.3. The predicted octanol–water partition coefficient (Wildman–Crippen LogP) is 12.8. The molecule has 4 unspecified atom stereocenters. The molecule has 318 valence electrons. The molecule has 4 atom stereocenters. The van der Waals surface area contributed by atoms with Crippen molar-refractivity contribution in [2.24, 2.45) is 6.66 Å². The molecule has 11 rings (SSSR count). The second kappa shape index (κ2) is 17.3. The number of aromatic nitrogens is 4. The van der Waals surface area contributed by atoms with E-state index in [1.165, 1.54) is 67.0 Å². The van der Waals surface area contributed by atoms with Crippen molar-refractivity contribution in [2.45, 2.75) is 57.6 Å². The summed E-state index contributed by atoms with van der Waals surface area (Å²) in [5.74, 6) is 0. The molecule has 6 heterocycles. The first kappa shape index (κ1) is 40.3. The molecule has 0 aliphatic carbocycles. The summed E-state index contributed by atoms with van der Waals surface area (Å²) >= 11 is 0. The van der Waals surface area contributed by atoms with Gasteiger partial charge in [0, 0.05) is 37.2 Å². The van der Waals surface area contributed by atoms with Gasteiger partial charge in [-0.2, -0.15) is 0 Å². The van der Waals surface area contributed by atoms with E-state index >= 15 is 0 Å². The van der Waals surface area contributed by atoms with Gasteiger partial charge >= 0.3 is 0 Å². The van der Waals surface area contributed by atoms with Crippen molar-refractivity contribution in [1.82, 2.24) is 19.5 Å². The molecule has 0 radical (unpaired) electrons. The second-order valence-corrected chi connectivity index (χ2v) is 21.0. The van der Waals surface area contributed by atoms with Gasteiger partial charge in [0.05, 0.1) is 53.5 Å². The van der Waals surface area contributed by atoms with Crippen molar-refractivity contribution in [1.29, 1.82) is 0 Å². The lowest BCUT2D eigenvalue weighted by molar-refractivity contribution is 0.551. The molecule has 0 saturated heterocycles. The third-order valence-corrected chi connectivity index (χ3v) is 18.2. The number of aryl methyl sites for hydroxylation is 1. The van der Waals surface area contributed by atoms with Gasteiger partial charge < -0.3 is 19.6 Å². The zero-order valence-corrected chi connectivity index (χ0v) is 38.4. The highest BCUT2D eigenvalue weighted by Crippen LogP contribution is 2.56. The SMILES string of the molecule is C=C/C(=C\C=C/C)N1c2ccccc2N2CCCCN3c4ccccc4N4c5ccccc5/C(=C/C21)Cc1c([p+](C)np1Cc1ccccc1)-c1nnn(Cc2ccccc2)c1CC34. The minimum atomic E-state index is -0.896. The van der Waals surface area contributed by atoms with Crippen LogP contribution < -0.4 is 19.6 Å². The Bertz CT molecular complexity index is 2950. The van der Waals surface area contributed by atoms with Crippen molar-refractivity contribution < 1.29 is 0 Å². The number of hydrogen-bond donors (Lipinski definition) is 0. The van der Waals surface area contributed by atoms with Crippen molar-refractivity contribution in [3.05, 3.63) is 204 Å². The minimum Gasteiger partial charge on any atom is -0.349 e. The molecule has 64 heavy (non-hydrogen) atoms. The molecule has 4 aliphatic heterocycles. The lowest BCUT2D eigenvalue weighted by atomic mass is 9.97. The number of anilines is 5. The molecule has 8 nitrogen and oxygen atoms in total. The number of nitrogens with zero attached hydrogens (tertiary/aromatic N) is 8. The number of fused-ring (bicyclic) bond motifs is 8. The Balaban J connectivity index is 1.21. The Hall–Kier alpha value is -6.46. The van der Waals surface area contributed by atoms with Gasteiger partial charge in [-0.15, -0.1) is 5.10 Å². The maximum atomic E-state index is 5.78. The number of allylic oxidation sites excluding steroid dienone is 5. The number of para-hydroxylation sites is 5. The predicted molar refractivity (Wildman–Crippen MR) is 269 cm³/mol. The Kier molecular flexibility index (Phi) is 10.9. The number of rotatable bonds is 7. The Labute approximate surface area is 379 Å². The van der Waals surface area contributed by atoms with E-state index < -0.39 is 15.4 Å². The van der Waals surface area contributed by atoms with Crippen LogP contribution in [-0.2, 0) is 32.2 Å². The van der Waals surface area contributed by atoms with Crippen LogP contribution in [0, 0.1) is 0 Å². The van der Waals surface area contributed by atoms with Crippen LogP contribution in [-0.4, -0.2) is 44.9 Å². The fourth-order valence-corrected chi connectivity index (χ4v) is 15.9. The van der Waals surface area contributed by atoms with E-state index in [9.17, 15) is 0 Å². The molecule has 0 fully saturated rings. The van der Waals surface area contributed by atoms with Crippen LogP contribution in [0.1, 0.15) is 47.4 Å². The quantitative estimate of drug-likeness (QED) is 0.148. The average Bonchev–Trinajstić information content (AvgIpc) is 4.04. The van der Waals surface area contributed by atoms with E-state index in [4.69, 9.17) is 14.8 Å². The Morgan fingerprint density at radius 3 is 2.14 bits per heavy atom. The second-order valence-electron chi connectivity index (χ2n) is 17.1. The van der Waals surface area contributed by atoms with Gasteiger partial charge in [0.25, 0.3) is 0 Å². The van der Waals surface area contributed by atoms with Crippen LogP contribution in [0.25, 0.3) is 16.6 Å². The molecule has 0 saturated carbocycles. The largest absolute Gasteiger partial charge is 0.349 e. The summed E-state index contributed by atoms with van der Waals surface area (Å²) in [6.07, 6.45) is 15.4. The smallest absolute Gasteiger partial charge is 0.148 e. The van der Waals surface area contributed by atoms with E-state index in [-0.39, 0.29) is 12.3 Å². The van der Waals surface area contributed by atoms with Crippen LogP contribution in [0.4, 0.5) is 28.4 Å². The van der Waals surface area contributed by atoms with Crippen molar-refractivity contribution in [3.63, 3.8) is 0 Å². The molecule has 7 aromatic rings. The van der Waals surface area contributed by atoms with Gasteiger partial charge in [-0.3, -0.25) is 0 Å². The lowest BCUT2D eigenvalue weighted by Crippen LogP contribution is -2.44. The highest BCUT2D eigenvalue weighted by atomic mass is 31.1. The minimum absolute atomic E-state index is 0.00473. The molecular formula is C54H53N8P2+. The zero-order valence-electron chi connectivity index (χ0n) is 36.6. The summed E-state index contributed by atoms with van der Waals surface area (Å²) in [5.41, 5.74) is 14.6. The van der Waals surface area contributed by atoms with Gasteiger partial charge in [0.15, 0.2) is 0 Å². The lowest BCUT2D eigenvalue weighted by Gasteiger charge is -2.34. The van der Waals surface area contributed by atoms with Crippen LogP contribution in [0.5, 0.6) is 0 Å². The van der Waals surface area contributed by atoms with Crippen LogP contribution in [0.15, 0.2) is 176 Å². The van der Waals surface area contributed by atoms with Crippen molar-refractivity contribution in [2.75, 3.05) is 32.7 Å². The molecule has 0 spiro atoms. The summed E-state index contributed by atoms with van der Waals surface area (Å²) in [7, 11) is -1.78. The van der Waals surface area contributed by atoms with E-state index in [1.54, 1.807) is 0 Å². The monoisotopic (exact) mass is 875 g/mol. The number of hydrogen-bond acceptors (Lipinski definition) is 7. The van der Waals surface area contributed by atoms with E-state index in [0.717, 1.165) is 56.3 Å². The number of benzene rings is 5. The molecule has 4 bridgehead atoms. The van der Waals surface area contributed by atoms with Gasteiger partial charge in [-0.05, 0) is 85.0 Å². The van der Waals surface area contributed by atoms with Crippen molar-refractivity contribution >= 4 is 49.4 Å². The van der Waals surface area contributed by atoms with Crippen LogP contribution in [0.3, 0.4) is 0 Å². The van der Waals surface area contributed by atoms with Crippen LogP contribution >= 0.6 is 15.4 Å². The molecule has 0 N–H and O–H groups in total. The fraction of sp³-hybridized carbons (Fsp3) is 0.222. The van der Waals surface area contributed by atoms with Crippen LogP contribution in [0.2, 0.25) is 0 Å². The Morgan fingerprint density at radius 1 is 0.766 bits per heavy atom. The summed E-state index contributed by atoms with van der Waals surface area (Å²) in [5, 5.41) is 13.1. The molecule has 0 amide bonds. The summed E-state index contributed by atoms with van der Waals surface area (Å²) in [4.78, 5) is 10.5. The summed E-state index contributed by atoms with van der Waals surface area (Å²) < 4.78 is 7.99. The van der Waals surface area contributed by atoms with E-state index in [0.29, 0.717) is 6.54 Å². The maximum Gasteiger partial charge on any atom is 0.148 e. The topological polar surface area (TPSA) is 56.6 Å². The van der Waals surface area contributed by atoms with E-state index in [2.05, 4.69) is 202 Å². The van der Waals surface area contributed by atoms with Gasteiger partial charge in [0.2, 0.25) is 0 Å². The molecular weight excluding hydrogens is 823 g/mol. The molecule has 10 heteroatoms. The highest BCUT2D eigenvalue weighted by molar-refractivity contribution is 7.61. The van der Waals surface area contributed by atoms with Gasteiger partial charge in [0.1, 0.15) is 44.0 Å². The Morgan fingerprint density at radius 2 is 1.41 bits per heavy atom. The summed E-state index contributed by atoms with van der Waals surface area (Å²) in [6, 6.07) is 49.0. The van der Waals surface area contributed by atoms with Gasteiger partial charge in [-0.25, -0.2) is 4.68 Å². The normalized spacial score (nSPS) is 19.3. The average molecular weight is 876 g/mol. The first-order chi connectivity index (χ1) is 31.6. The first-order valence-electron chi connectivity index (χ1n) is 22.6. The highest BCUT2D eigenvalue weighted by Gasteiger charge is 2.43. The molecule has 5 aromatic carbocycles. The fourth-order valence-electron chi connectivity index (χ4n) is 10.4.